The fourth-order valence-corrected chi connectivity index (χ4v) is 2.98. The van der Waals surface area contributed by atoms with Gasteiger partial charge in [-0.25, -0.2) is 0 Å². The molecule has 2 aliphatic carbocycles. The van der Waals surface area contributed by atoms with Crippen LogP contribution in [0.25, 0.3) is 0 Å². The van der Waals surface area contributed by atoms with Gasteiger partial charge in [-0.05, 0) is 43.1 Å². The van der Waals surface area contributed by atoms with Crippen molar-refractivity contribution in [3.8, 4) is 0 Å². The topological polar surface area (TPSA) is 26.0 Å². The monoisotopic (exact) mass is 151 g/mol. The van der Waals surface area contributed by atoms with Gasteiger partial charge in [0.05, 0.1) is 0 Å². The van der Waals surface area contributed by atoms with Crippen molar-refractivity contribution in [3.63, 3.8) is 0 Å². The van der Waals surface area contributed by atoms with Gasteiger partial charge in [-0.2, -0.15) is 0 Å². The second-order valence-corrected chi connectivity index (χ2v) is 4.46. The van der Waals surface area contributed by atoms with Crippen molar-refractivity contribution < 1.29 is 0 Å². The zero-order valence-electron chi connectivity index (χ0n) is 7.27. The average Bonchev–Trinajstić information content (AvgIpc) is 2.44. The summed E-state index contributed by atoms with van der Waals surface area (Å²) in [6.07, 6.45) is 4.02. The van der Waals surface area contributed by atoms with E-state index in [0.717, 1.165) is 18.4 Å². The molecule has 0 aromatic carbocycles. The molecule has 0 heterocycles. The minimum absolute atomic E-state index is 0.403. The Morgan fingerprint density at radius 2 is 2.36 bits per heavy atom. The smallest absolute Gasteiger partial charge is 0.00172 e. The predicted molar refractivity (Wildman–Crippen MR) is 47.1 cm³/mol. The second kappa shape index (κ2) is 2.10. The van der Waals surface area contributed by atoms with Crippen LogP contribution < -0.4 is 5.73 Å². The highest BCUT2D eigenvalue weighted by molar-refractivity contribution is 5.22. The molecule has 3 atom stereocenters. The lowest BCUT2D eigenvalue weighted by Crippen LogP contribution is -2.32. The minimum atomic E-state index is 0.403. The lowest BCUT2D eigenvalue weighted by Gasteiger charge is -2.31. The molecule has 0 amide bonds. The summed E-state index contributed by atoms with van der Waals surface area (Å²) in [5, 5.41) is 0. The predicted octanol–water partition coefficient (Wildman–Crippen LogP) is 1.94. The number of hydrogen-bond acceptors (Lipinski definition) is 1. The lowest BCUT2D eigenvalue weighted by molar-refractivity contribution is 0.205. The quantitative estimate of drug-likeness (QED) is 0.569. The Morgan fingerprint density at radius 3 is 2.64 bits per heavy atom. The molecule has 11 heavy (non-hydrogen) atoms. The first kappa shape index (κ1) is 7.35. The third kappa shape index (κ3) is 0.807. The molecule has 0 aromatic rings. The summed E-state index contributed by atoms with van der Waals surface area (Å²) < 4.78 is 0. The number of nitrogens with two attached hydrogens (primary N) is 1. The van der Waals surface area contributed by atoms with E-state index in [1.54, 1.807) is 0 Å². The van der Waals surface area contributed by atoms with E-state index in [-0.39, 0.29) is 0 Å². The molecule has 1 heteroatoms. The molecule has 2 aliphatic rings. The van der Waals surface area contributed by atoms with Crippen LogP contribution >= 0.6 is 0 Å². The average molecular weight is 151 g/mol. The van der Waals surface area contributed by atoms with Crippen LogP contribution in [-0.4, -0.2) is 6.54 Å². The van der Waals surface area contributed by atoms with Crippen LogP contribution in [0.4, 0.5) is 0 Å². The van der Waals surface area contributed by atoms with Gasteiger partial charge in [-0.1, -0.05) is 19.1 Å². The van der Waals surface area contributed by atoms with Gasteiger partial charge in [-0.3, -0.25) is 0 Å². The van der Waals surface area contributed by atoms with E-state index in [9.17, 15) is 0 Å². The van der Waals surface area contributed by atoms with Gasteiger partial charge in [0.2, 0.25) is 0 Å². The molecular weight excluding hydrogens is 134 g/mol. The van der Waals surface area contributed by atoms with Gasteiger partial charge in [-0.15, -0.1) is 0 Å². The molecular formula is C10H17N. The molecule has 62 valence electrons. The maximum atomic E-state index is 5.78. The van der Waals surface area contributed by atoms with Crippen molar-refractivity contribution in [2.24, 2.45) is 23.0 Å². The van der Waals surface area contributed by atoms with E-state index in [0.29, 0.717) is 5.41 Å². The second-order valence-electron chi connectivity index (χ2n) is 4.46. The molecule has 2 fully saturated rings. The Kier molecular flexibility index (Phi) is 1.40. The van der Waals surface area contributed by atoms with Crippen molar-refractivity contribution >= 4 is 0 Å². The fourth-order valence-electron chi connectivity index (χ4n) is 2.98. The first-order chi connectivity index (χ1) is 5.17. The Morgan fingerprint density at radius 1 is 1.64 bits per heavy atom. The van der Waals surface area contributed by atoms with Crippen LogP contribution in [0.2, 0.25) is 0 Å². The summed E-state index contributed by atoms with van der Waals surface area (Å²) in [4.78, 5) is 0. The first-order valence-corrected chi connectivity index (χ1v) is 4.56. The molecule has 2 N–H and O–H groups in total. The summed E-state index contributed by atoms with van der Waals surface area (Å²) >= 11 is 0. The molecule has 2 rings (SSSR count). The maximum Gasteiger partial charge on any atom is -0.00172 e. The van der Waals surface area contributed by atoms with Gasteiger partial charge in [0.25, 0.3) is 0 Å². The van der Waals surface area contributed by atoms with Crippen molar-refractivity contribution in [1.29, 1.82) is 0 Å². The van der Waals surface area contributed by atoms with Crippen molar-refractivity contribution in [3.05, 3.63) is 12.2 Å². The van der Waals surface area contributed by atoms with E-state index in [2.05, 4.69) is 13.5 Å². The van der Waals surface area contributed by atoms with Crippen LogP contribution in [0, 0.1) is 17.3 Å². The highest BCUT2D eigenvalue weighted by Gasteiger charge is 2.49. The van der Waals surface area contributed by atoms with E-state index in [1.165, 1.54) is 24.8 Å². The van der Waals surface area contributed by atoms with Crippen LogP contribution in [-0.2, 0) is 0 Å². The van der Waals surface area contributed by atoms with Crippen molar-refractivity contribution in [2.45, 2.75) is 26.2 Å². The molecule has 0 radical (unpaired) electrons. The fraction of sp³-hybridized carbons (Fsp3) is 0.800. The largest absolute Gasteiger partial charge is 0.330 e. The third-order valence-corrected chi connectivity index (χ3v) is 3.80. The summed E-state index contributed by atoms with van der Waals surface area (Å²) in [6, 6.07) is 0. The first-order valence-electron chi connectivity index (χ1n) is 4.56. The molecule has 2 bridgehead atoms. The van der Waals surface area contributed by atoms with Crippen LogP contribution in [0.3, 0.4) is 0 Å². The maximum absolute atomic E-state index is 5.78. The van der Waals surface area contributed by atoms with E-state index in [1.807, 2.05) is 0 Å². The minimum Gasteiger partial charge on any atom is -0.330 e. The highest BCUT2D eigenvalue weighted by atomic mass is 14.7. The molecule has 0 aromatic heterocycles. The number of hydrogen-bond donors (Lipinski definition) is 1. The Bertz CT molecular complexity index is 197. The van der Waals surface area contributed by atoms with Crippen molar-refractivity contribution in [1.82, 2.24) is 0 Å². The zero-order valence-corrected chi connectivity index (χ0v) is 7.27. The molecule has 0 unspecified atom stereocenters. The summed E-state index contributed by atoms with van der Waals surface area (Å²) in [5.41, 5.74) is 7.68. The van der Waals surface area contributed by atoms with Gasteiger partial charge >= 0.3 is 0 Å². The van der Waals surface area contributed by atoms with Gasteiger partial charge in [0.15, 0.2) is 0 Å². The SMILES string of the molecule is C=C1[C@@H]2CC[C@H]1[C@](C)(CN)C2. The molecule has 0 aliphatic heterocycles. The van der Waals surface area contributed by atoms with Crippen molar-refractivity contribution in [2.75, 3.05) is 6.54 Å². The Balaban J connectivity index is 2.27. The lowest BCUT2D eigenvalue weighted by atomic mass is 9.75. The number of fused-ring (bicyclic) bond motifs is 2. The van der Waals surface area contributed by atoms with E-state index in [4.69, 9.17) is 5.73 Å². The molecule has 0 spiro atoms. The standard InChI is InChI=1S/C10H17N/c1-7-8-3-4-9(7)10(2,5-8)6-11/h8-9H,1,3-6,11H2,2H3/t8-,9-,10+/m1/s1. The van der Waals surface area contributed by atoms with E-state index >= 15 is 0 Å². The van der Waals surface area contributed by atoms with Gasteiger partial charge in [0, 0.05) is 0 Å². The summed E-state index contributed by atoms with van der Waals surface area (Å²) in [6.45, 7) is 7.33. The zero-order chi connectivity index (χ0) is 8.06. The Hall–Kier alpha value is -0.300. The van der Waals surface area contributed by atoms with Gasteiger partial charge in [0.1, 0.15) is 0 Å². The number of rotatable bonds is 1. The van der Waals surface area contributed by atoms with Gasteiger partial charge < -0.3 is 5.73 Å². The third-order valence-electron chi connectivity index (χ3n) is 3.80. The van der Waals surface area contributed by atoms with E-state index < -0.39 is 0 Å². The highest BCUT2D eigenvalue weighted by Crippen LogP contribution is 2.57. The molecule has 1 nitrogen and oxygen atoms in total. The van der Waals surface area contributed by atoms with Crippen LogP contribution in [0.15, 0.2) is 12.2 Å². The normalized spacial score (nSPS) is 48.7. The summed E-state index contributed by atoms with van der Waals surface area (Å²) in [5.74, 6) is 1.56. The number of allylic oxidation sites excluding steroid dienone is 1. The Labute approximate surface area is 68.7 Å². The molecule has 2 saturated carbocycles. The van der Waals surface area contributed by atoms with Crippen LogP contribution in [0.5, 0.6) is 0 Å². The summed E-state index contributed by atoms with van der Waals surface area (Å²) in [7, 11) is 0. The molecule has 0 saturated heterocycles. The van der Waals surface area contributed by atoms with Crippen LogP contribution in [0.1, 0.15) is 26.2 Å².